The summed E-state index contributed by atoms with van der Waals surface area (Å²) >= 11 is 0. The number of nitrogens with one attached hydrogen (secondary N) is 1. The van der Waals surface area contributed by atoms with Crippen LogP contribution in [0.25, 0.3) is 0 Å². The summed E-state index contributed by atoms with van der Waals surface area (Å²) in [6, 6.07) is 6.86. The highest BCUT2D eigenvalue weighted by Crippen LogP contribution is 2.32. The molecule has 1 aromatic carbocycles. The zero-order chi connectivity index (χ0) is 22.7. The first-order valence-electron chi connectivity index (χ1n) is 11.4. The van der Waals surface area contributed by atoms with Gasteiger partial charge in [-0.1, -0.05) is 19.1 Å². The van der Waals surface area contributed by atoms with E-state index in [1.54, 1.807) is 29.0 Å². The summed E-state index contributed by atoms with van der Waals surface area (Å²) in [5.41, 5.74) is 1.63. The minimum Gasteiger partial charge on any atom is -0.496 e. The van der Waals surface area contributed by atoms with Crippen molar-refractivity contribution in [2.45, 2.75) is 58.0 Å². The van der Waals surface area contributed by atoms with Crippen LogP contribution >= 0.6 is 0 Å². The fourth-order valence-corrected chi connectivity index (χ4v) is 4.64. The molecule has 0 aliphatic carbocycles. The maximum atomic E-state index is 13.4. The normalized spacial score (nSPS) is 18.2. The summed E-state index contributed by atoms with van der Waals surface area (Å²) in [6.45, 7) is 3.45. The van der Waals surface area contributed by atoms with Gasteiger partial charge in [0.15, 0.2) is 0 Å². The average Bonchev–Trinajstić information content (AvgIpc) is 2.83. The number of aromatic amines is 1. The van der Waals surface area contributed by atoms with Gasteiger partial charge >= 0.3 is 0 Å². The van der Waals surface area contributed by atoms with Gasteiger partial charge < -0.3 is 19.5 Å². The molecule has 3 heterocycles. The van der Waals surface area contributed by atoms with E-state index in [2.05, 4.69) is 4.98 Å². The molecule has 0 radical (unpaired) electrons. The SMILES string of the molecule is CCCC(=O)N1CCc2c(nc(C3CCCCN3C(=O)c3ccccc3OC)[nH]c2=O)C1. The number of H-pyrrole nitrogens is 1. The molecule has 8 nitrogen and oxygen atoms in total. The molecule has 2 aliphatic rings. The molecule has 1 unspecified atom stereocenters. The van der Waals surface area contributed by atoms with Gasteiger partial charge in [0.25, 0.3) is 11.5 Å². The van der Waals surface area contributed by atoms with E-state index in [1.165, 1.54) is 0 Å². The molecule has 170 valence electrons. The van der Waals surface area contributed by atoms with Crippen molar-refractivity contribution in [3.05, 3.63) is 57.3 Å². The van der Waals surface area contributed by atoms with E-state index in [9.17, 15) is 14.4 Å². The van der Waals surface area contributed by atoms with Crippen molar-refractivity contribution in [3.63, 3.8) is 0 Å². The van der Waals surface area contributed by atoms with E-state index in [1.807, 2.05) is 19.1 Å². The summed E-state index contributed by atoms with van der Waals surface area (Å²) in [5.74, 6) is 0.986. The first kappa shape index (κ1) is 22.0. The van der Waals surface area contributed by atoms with Crippen molar-refractivity contribution in [1.82, 2.24) is 19.8 Å². The number of piperidine rings is 1. The first-order valence-corrected chi connectivity index (χ1v) is 11.4. The fraction of sp³-hybridized carbons (Fsp3) is 0.500. The number of ether oxygens (including phenoxy) is 1. The number of benzene rings is 1. The van der Waals surface area contributed by atoms with Crippen LogP contribution in [0.1, 0.15) is 72.5 Å². The fourth-order valence-electron chi connectivity index (χ4n) is 4.64. The lowest BCUT2D eigenvalue weighted by molar-refractivity contribution is -0.132. The van der Waals surface area contributed by atoms with E-state index in [-0.39, 0.29) is 23.4 Å². The smallest absolute Gasteiger partial charge is 0.258 e. The molecule has 1 N–H and O–H groups in total. The number of methoxy groups -OCH3 is 1. The number of fused-ring (bicyclic) bond motifs is 1. The molecular weight excluding hydrogens is 408 g/mol. The molecule has 0 saturated carbocycles. The quantitative estimate of drug-likeness (QED) is 0.775. The second kappa shape index (κ2) is 9.54. The first-order chi connectivity index (χ1) is 15.5. The van der Waals surface area contributed by atoms with E-state index >= 15 is 0 Å². The topological polar surface area (TPSA) is 95.6 Å². The average molecular weight is 439 g/mol. The van der Waals surface area contributed by atoms with Crippen molar-refractivity contribution in [2.75, 3.05) is 20.2 Å². The Labute approximate surface area is 187 Å². The predicted molar refractivity (Wildman–Crippen MR) is 120 cm³/mol. The van der Waals surface area contributed by atoms with E-state index < -0.39 is 0 Å². The van der Waals surface area contributed by atoms with Gasteiger partial charge in [0.1, 0.15) is 11.6 Å². The molecular formula is C24H30N4O4. The second-order valence-electron chi connectivity index (χ2n) is 8.40. The molecule has 8 heteroatoms. The van der Waals surface area contributed by atoms with Crippen LogP contribution in [0.5, 0.6) is 5.75 Å². The molecule has 4 rings (SSSR count). The number of aromatic nitrogens is 2. The van der Waals surface area contributed by atoms with E-state index in [0.717, 1.165) is 25.7 Å². The Hall–Kier alpha value is -3.16. The number of nitrogens with zero attached hydrogens (tertiary/aromatic N) is 3. The van der Waals surface area contributed by atoms with Crippen molar-refractivity contribution in [1.29, 1.82) is 0 Å². The van der Waals surface area contributed by atoms with Crippen LogP contribution < -0.4 is 10.3 Å². The monoisotopic (exact) mass is 438 g/mol. The molecule has 0 spiro atoms. The molecule has 2 aliphatic heterocycles. The molecule has 1 saturated heterocycles. The van der Waals surface area contributed by atoms with Gasteiger partial charge in [0, 0.05) is 25.1 Å². The van der Waals surface area contributed by atoms with E-state index in [4.69, 9.17) is 9.72 Å². The largest absolute Gasteiger partial charge is 0.496 e. The number of para-hydroxylation sites is 1. The molecule has 2 aromatic rings. The predicted octanol–water partition coefficient (Wildman–Crippen LogP) is 2.83. The number of carbonyl (C=O) groups excluding carboxylic acids is 2. The minimum atomic E-state index is -0.319. The molecule has 1 fully saturated rings. The van der Waals surface area contributed by atoms with Gasteiger partial charge in [0.2, 0.25) is 5.91 Å². The third kappa shape index (κ3) is 4.26. The van der Waals surface area contributed by atoms with Crippen LogP contribution in [0.15, 0.2) is 29.1 Å². The van der Waals surface area contributed by atoms with Crippen LogP contribution in [0.3, 0.4) is 0 Å². The zero-order valence-corrected chi connectivity index (χ0v) is 18.7. The van der Waals surface area contributed by atoms with Gasteiger partial charge in [-0.25, -0.2) is 4.98 Å². The van der Waals surface area contributed by atoms with Crippen LogP contribution in [0.2, 0.25) is 0 Å². The maximum Gasteiger partial charge on any atom is 0.258 e. The Bertz CT molecular complexity index is 1060. The number of likely N-dealkylation sites (tertiary alicyclic amines) is 1. The van der Waals surface area contributed by atoms with Crippen LogP contribution in [-0.2, 0) is 17.8 Å². The van der Waals surface area contributed by atoms with Crippen molar-refractivity contribution in [2.24, 2.45) is 0 Å². The zero-order valence-electron chi connectivity index (χ0n) is 18.7. The highest BCUT2D eigenvalue weighted by atomic mass is 16.5. The van der Waals surface area contributed by atoms with E-state index in [0.29, 0.717) is 60.9 Å². The molecule has 0 bridgehead atoms. The van der Waals surface area contributed by atoms with Crippen LogP contribution in [-0.4, -0.2) is 51.8 Å². The molecule has 2 amide bonds. The summed E-state index contributed by atoms with van der Waals surface area (Å²) in [4.78, 5) is 50.0. The summed E-state index contributed by atoms with van der Waals surface area (Å²) in [6.07, 6.45) is 4.35. The minimum absolute atomic E-state index is 0.0902. The maximum absolute atomic E-state index is 13.4. The molecule has 1 atom stereocenters. The van der Waals surface area contributed by atoms with Crippen molar-refractivity contribution >= 4 is 11.8 Å². The number of amides is 2. The second-order valence-corrected chi connectivity index (χ2v) is 8.40. The standard InChI is InChI=1S/C24H30N4O4/c1-3-8-21(29)27-14-12-16-18(15-27)25-22(26-23(16)30)19-10-6-7-13-28(19)24(31)17-9-4-5-11-20(17)32-2/h4-5,9,11,19H,3,6-8,10,12-15H2,1-2H3,(H,25,26,30). The number of hydrogen-bond acceptors (Lipinski definition) is 5. The van der Waals surface area contributed by atoms with Gasteiger partial charge in [-0.2, -0.15) is 0 Å². The van der Waals surface area contributed by atoms with Crippen LogP contribution in [0, 0.1) is 0 Å². The third-order valence-electron chi connectivity index (χ3n) is 6.33. The van der Waals surface area contributed by atoms with Gasteiger partial charge in [-0.05, 0) is 44.2 Å². The Morgan fingerprint density at radius 3 is 2.81 bits per heavy atom. The van der Waals surface area contributed by atoms with Crippen molar-refractivity contribution in [3.8, 4) is 5.75 Å². The van der Waals surface area contributed by atoms with Crippen LogP contribution in [0.4, 0.5) is 0 Å². The lowest BCUT2D eigenvalue weighted by atomic mass is 9.98. The Balaban J connectivity index is 1.65. The summed E-state index contributed by atoms with van der Waals surface area (Å²) < 4.78 is 5.39. The van der Waals surface area contributed by atoms with Gasteiger partial charge in [-0.3, -0.25) is 14.4 Å². The Morgan fingerprint density at radius 1 is 1.22 bits per heavy atom. The lowest BCUT2D eigenvalue weighted by Crippen LogP contribution is -2.42. The third-order valence-corrected chi connectivity index (χ3v) is 6.33. The Kier molecular flexibility index (Phi) is 6.58. The Morgan fingerprint density at radius 2 is 2.03 bits per heavy atom. The summed E-state index contributed by atoms with van der Waals surface area (Å²) in [7, 11) is 1.55. The van der Waals surface area contributed by atoms with Gasteiger partial charge in [0.05, 0.1) is 31.0 Å². The summed E-state index contributed by atoms with van der Waals surface area (Å²) in [5, 5.41) is 0. The highest BCUT2D eigenvalue weighted by molar-refractivity contribution is 5.97. The number of rotatable bonds is 5. The lowest BCUT2D eigenvalue weighted by Gasteiger charge is -2.36. The molecule has 32 heavy (non-hydrogen) atoms. The van der Waals surface area contributed by atoms with Crippen molar-refractivity contribution < 1.29 is 14.3 Å². The van der Waals surface area contributed by atoms with Gasteiger partial charge in [-0.15, -0.1) is 0 Å². The highest BCUT2D eigenvalue weighted by Gasteiger charge is 2.33. The number of carbonyl (C=O) groups is 2. The number of hydrogen-bond donors (Lipinski definition) is 1. The molecule has 1 aromatic heterocycles.